The summed E-state index contributed by atoms with van der Waals surface area (Å²) in [5.74, 6) is -0.263. The van der Waals surface area contributed by atoms with Crippen LogP contribution in [0, 0.1) is 5.92 Å². The molecule has 1 aliphatic heterocycles. The second-order valence-electron chi connectivity index (χ2n) is 3.61. The van der Waals surface area contributed by atoms with Crippen LogP contribution in [0.2, 0.25) is 0 Å². The van der Waals surface area contributed by atoms with E-state index in [1.807, 2.05) is 20.8 Å². The van der Waals surface area contributed by atoms with Crippen LogP contribution in [-0.2, 0) is 14.3 Å². The fraction of sp³-hybridized carbons (Fsp3) is 0.889. The molecule has 0 saturated carbocycles. The van der Waals surface area contributed by atoms with Gasteiger partial charge in [-0.3, -0.25) is 0 Å². The molecule has 0 aromatic heterocycles. The summed E-state index contributed by atoms with van der Waals surface area (Å²) in [6.45, 7) is 5.88. The summed E-state index contributed by atoms with van der Waals surface area (Å²) in [7, 11) is 1.31. The highest BCUT2D eigenvalue weighted by molar-refractivity contribution is 6.35. The molecule has 1 heterocycles. The monoisotopic (exact) mass is 206 g/mol. The lowest BCUT2D eigenvalue weighted by atomic mass is 9.90. The van der Waals surface area contributed by atoms with Crippen LogP contribution in [0.25, 0.3) is 0 Å². The Kier molecular flexibility index (Phi) is 2.61. The number of carbonyl (C=O) groups is 1. The van der Waals surface area contributed by atoms with Gasteiger partial charge >= 0.3 is 5.97 Å². The molecule has 4 heteroatoms. The quantitative estimate of drug-likeness (QED) is 0.402. The van der Waals surface area contributed by atoms with Gasteiger partial charge in [-0.1, -0.05) is 31.9 Å². The first-order valence-corrected chi connectivity index (χ1v) is 4.77. The molecule has 0 aliphatic carbocycles. The standard InChI is InChI=1S/C9H15ClO3/c1-5-6(2)8(3)9(10,13-8)7(11)12-4/h6H,5H2,1-4H3. The Hall–Kier alpha value is -0.280. The van der Waals surface area contributed by atoms with Gasteiger partial charge in [-0.2, -0.15) is 0 Å². The normalized spacial score (nSPS) is 39.8. The Bertz CT molecular complexity index is 231. The number of carbonyl (C=O) groups excluding carboxylic acids is 1. The maximum Gasteiger partial charge on any atom is 0.357 e. The summed E-state index contributed by atoms with van der Waals surface area (Å²) >= 11 is 5.98. The van der Waals surface area contributed by atoms with Crippen molar-refractivity contribution in [3.8, 4) is 0 Å². The van der Waals surface area contributed by atoms with Crippen molar-refractivity contribution in [2.45, 2.75) is 37.9 Å². The number of halogens is 1. The maximum atomic E-state index is 11.3. The Morgan fingerprint density at radius 3 is 2.62 bits per heavy atom. The molecular weight excluding hydrogens is 192 g/mol. The van der Waals surface area contributed by atoms with Crippen LogP contribution < -0.4 is 0 Å². The van der Waals surface area contributed by atoms with Crippen LogP contribution in [0.5, 0.6) is 0 Å². The zero-order valence-corrected chi connectivity index (χ0v) is 9.14. The second-order valence-corrected chi connectivity index (χ2v) is 4.14. The molecule has 1 aliphatic rings. The minimum atomic E-state index is -1.25. The lowest BCUT2D eigenvalue weighted by molar-refractivity contribution is -0.143. The number of esters is 1. The first-order valence-electron chi connectivity index (χ1n) is 4.40. The number of epoxide rings is 1. The third-order valence-corrected chi connectivity index (χ3v) is 3.56. The van der Waals surface area contributed by atoms with E-state index in [1.54, 1.807) is 0 Å². The molecule has 1 fully saturated rings. The van der Waals surface area contributed by atoms with Crippen LogP contribution in [0.4, 0.5) is 0 Å². The van der Waals surface area contributed by atoms with E-state index < -0.39 is 16.6 Å². The number of hydrogen-bond acceptors (Lipinski definition) is 3. The predicted octanol–water partition coefficient (Wildman–Crippen LogP) is 1.93. The zero-order chi connectivity index (χ0) is 10.3. The fourth-order valence-electron chi connectivity index (χ4n) is 1.45. The third kappa shape index (κ3) is 1.34. The van der Waals surface area contributed by atoms with Crippen molar-refractivity contribution in [1.82, 2.24) is 0 Å². The van der Waals surface area contributed by atoms with Crippen LogP contribution in [0.3, 0.4) is 0 Å². The molecule has 3 nitrogen and oxygen atoms in total. The molecule has 0 spiro atoms. The van der Waals surface area contributed by atoms with E-state index in [-0.39, 0.29) is 5.92 Å². The summed E-state index contributed by atoms with van der Waals surface area (Å²) in [4.78, 5) is 11.3. The number of rotatable bonds is 3. The Labute approximate surface area is 83.3 Å². The number of ether oxygens (including phenoxy) is 2. The van der Waals surface area contributed by atoms with E-state index in [1.165, 1.54) is 7.11 Å². The van der Waals surface area contributed by atoms with Crippen molar-refractivity contribution in [3.05, 3.63) is 0 Å². The Morgan fingerprint density at radius 1 is 1.69 bits per heavy atom. The molecule has 0 aromatic rings. The lowest BCUT2D eigenvalue weighted by Crippen LogP contribution is -2.32. The summed E-state index contributed by atoms with van der Waals surface area (Å²) in [5.41, 5.74) is -0.573. The van der Waals surface area contributed by atoms with Crippen molar-refractivity contribution in [1.29, 1.82) is 0 Å². The molecular formula is C9H15ClO3. The maximum absolute atomic E-state index is 11.3. The highest BCUT2D eigenvalue weighted by atomic mass is 35.5. The van der Waals surface area contributed by atoms with Crippen LogP contribution in [0.15, 0.2) is 0 Å². The van der Waals surface area contributed by atoms with Gasteiger partial charge in [-0.05, 0) is 12.8 Å². The number of methoxy groups -OCH3 is 1. The van der Waals surface area contributed by atoms with E-state index in [0.717, 1.165) is 6.42 Å². The SMILES string of the molecule is CCC(C)C1(C)OC1(Cl)C(=O)OC. The predicted molar refractivity (Wildman–Crippen MR) is 49.5 cm³/mol. The summed E-state index contributed by atoms with van der Waals surface area (Å²) in [5, 5.41) is -1.25. The molecule has 0 bridgehead atoms. The highest BCUT2D eigenvalue weighted by Crippen LogP contribution is 2.57. The molecule has 0 radical (unpaired) electrons. The van der Waals surface area contributed by atoms with E-state index in [4.69, 9.17) is 16.3 Å². The lowest BCUT2D eigenvalue weighted by Gasteiger charge is -2.15. The summed E-state index contributed by atoms with van der Waals surface area (Å²) in [6.07, 6.45) is 0.919. The second kappa shape index (κ2) is 3.14. The van der Waals surface area contributed by atoms with E-state index in [0.29, 0.717) is 0 Å². The van der Waals surface area contributed by atoms with Gasteiger partial charge in [0.2, 0.25) is 0 Å². The fourth-order valence-corrected chi connectivity index (χ4v) is 1.87. The largest absolute Gasteiger partial charge is 0.466 e. The summed E-state index contributed by atoms with van der Waals surface area (Å²) in [6, 6.07) is 0. The molecule has 1 saturated heterocycles. The summed E-state index contributed by atoms with van der Waals surface area (Å²) < 4.78 is 9.86. The highest BCUT2D eigenvalue weighted by Gasteiger charge is 2.74. The molecule has 3 unspecified atom stereocenters. The van der Waals surface area contributed by atoms with Gasteiger partial charge in [-0.25, -0.2) is 4.79 Å². The first-order chi connectivity index (χ1) is 5.92. The van der Waals surface area contributed by atoms with Gasteiger partial charge in [0, 0.05) is 0 Å². The van der Waals surface area contributed by atoms with Crippen molar-refractivity contribution in [2.24, 2.45) is 5.92 Å². The van der Waals surface area contributed by atoms with Crippen molar-refractivity contribution < 1.29 is 14.3 Å². The smallest absolute Gasteiger partial charge is 0.357 e. The number of hydrogen-bond donors (Lipinski definition) is 0. The van der Waals surface area contributed by atoms with Crippen molar-refractivity contribution >= 4 is 17.6 Å². The molecule has 1 rings (SSSR count). The molecule has 13 heavy (non-hydrogen) atoms. The molecule has 3 atom stereocenters. The topological polar surface area (TPSA) is 38.8 Å². The average Bonchev–Trinajstić information content (AvgIpc) is 2.69. The van der Waals surface area contributed by atoms with Crippen molar-refractivity contribution in [2.75, 3.05) is 7.11 Å². The Morgan fingerprint density at radius 2 is 2.23 bits per heavy atom. The van der Waals surface area contributed by atoms with E-state index >= 15 is 0 Å². The van der Waals surface area contributed by atoms with Crippen molar-refractivity contribution in [3.63, 3.8) is 0 Å². The first kappa shape index (κ1) is 10.8. The molecule has 0 amide bonds. The van der Waals surface area contributed by atoms with Crippen LogP contribution in [-0.4, -0.2) is 23.7 Å². The van der Waals surface area contributed by atoms with E-state index in [2.05, 4.69) is 4.74 Å². The minimum absolute atomic E-state index is 0.240. The van der Waals surface area contributed by atoms with Gasteiger partial charge in [0.25, 0.3) is 5.06 Å². The minimum Gasteiger partial charge on any atom is -0.466 e. The van der Waals surface area contributed by atoms with Crippen LogP contribution >= 0.6 is 11.6 Å². The zero-order valence-electron chi connectivity index (χ0n) is 8.39. The van der Waals surface area contributed by atoms with E-state index in [9.17, 15) is 4.79 Å². The molecule has 0 N–H and O–H groups in total. The number of alkyl halides is 1. The third-order valence-electron chi connectivity index (χ3n) is 2.95. The molecule has 76 valence electrons. The van der Waals surface area contributed by atoms with Gasteiger partial charge in [0.15, 0.2) is 0 Å². The van der Waals surface area contributed by atoms with Gasteiger partial charge in [0.1, 0.15) is 5.60 Å². The molecule has 0 aromatic carbocycles. The van der Waals surface area contributed by atoms with Gasteiger partial charge < -0.3 is 9.47 Å². The van der Waals surface area contributed by atoms with Gasteiger partial charge in [-0.15, -0.1) is 0 Å². The van der Waals surface area contributed by atoms with Crippen LogP contribution in [0.1, 0.15) is 27.2 Å². The van der Waals surface area contributed by atoms with Gasteiger partial charge in [0.05, 0.1) is 7.11 Å². The average molecular weight is 207 g/mol. The Balaban J connectivity index is 2.75.